The van der Waals surface area contributed by atoms with Crippen molar-refractivity contribution < 1.29 is 4.74 Å². The lowest BCUT2D eigenvalue weighted by atomic mass is 10.1. The monoisotopic (exact) mass is 485 g/mol. The van der Waals surface area contributed by atoms with Gasteiger partial charge in [0.2, 0.25) is 0 Å². The molecule has 34 heavy (non-hydrogen) atoms. The number of nitrogens with two attached hydrogens (primary N) is 1. The third-order valence-electron chi connectivity index (χ3n) is 4.99. The number of hydrogen-bond donors (Lipinski definition) is 1. The summed E-state index contributed by atoms with van der Waals surface area (Å²) in [5.74, 6) is 0.663. The Morgan fingerprint density at radius 3 is 2.38 bits per heavy atom. The van der Waals surface area contributed by atoms with E-state index in [1.54, 1.807) is 36.4 Å². The maximum absolute atomic E-state index is 9.92. The van der Waals surface area contributed by atoms with Gasteiger partial charge in [-0.3, -0.25) is 0 Å². The van der Waals surface area contributed by atoms with Gasteiger partial charge in [-0.15, -0.1) is 0 Å². The number of benzene rings is 3. The van der Waals surface area contributed by atoms with Crippen LogP contribution in [0, 0.1) is 22.7 Å². The Kier molecular flexibility index (Phi) is 6.85. The Balaban J connectivity index is 1.73. The fraction of sp³-hybridized carbons (Fsp3) is 0.0385. The van der Waals surface area contributed by atoms with Crippen LogP contribution in [0.25, 0.3) is 17.3 Å². The van der Waals surface area contributed by atoms with Gasteiger partial charge in [0.1, 0.15) is 41.6 Å². The molecule has 0 aliphatic carbocycles. The predicted molar refractivity (Wildman–Crippen MR) is 133 cm³/mol. The average Bonchev–Trinajstić information content (AvgIpc) is 3.19. The first-order valence-electron chi connectivity index (χ1n) is 10.1. The summed E-state index contributed by atoms with van der Waals surface area (Å²) in [6.07, 6.45) is 1.58. The Hall–Kier alpha value is -4.23. The second-order valence-electron chi connectivity index (χ2n) is 7.24. The summed E-state index contributed by atoms with van der Waals surface area (Å²) in [5, 5.41) is 25.2. The second-order valence-corrected chi connectivity index (χ2v) is 8.11. The predicted octanol–water partition coefficient (Wildman–Crippen LogP) is 6.28. The van der Waals surface area contributed by atoms with Gasteiger partial charge in [-0.05, 0) is 54.1 Å². The Morgan fingerprint density at radius 2 is 1.71 bits per heavy atom. The SMILES string of the molecule is N#C/C(=C\c1cc(Cl)ccc1OCc1ccc(Cl)cc1)c1nn(-c2ccccc2)c(N)c1C#N. The van der Waals surface area contributed by atoms with Crippen LogP contribution in [-0.4, -0.2) is 9.78 Å². The molecule has 1 heterocycles. The number of hydrogen-bond acceptors (Lipinski definition) is 5. The molecule has 0 amide bonds. The number of nitriles is 2. The van der Waals surface area contributed by atoms with E-state index in [0.29, 0.717) is 33.7 Å². The number of nitrogen functional groups attached to an aromatic ring is 1. The van der Waals surface area contributed by atoms with Gasteiger partial charge in [0, 0.05) is 15.6 Å². The van der Waals surface area contributed by atoms with E-state index >= 15 is 0 Å². The molecule has 0 atom stereocenters. The molecule has 0 unspecified atom stereocenters. The van der Waals surface area contributed by atoms with Gasteiger partial charge >= 0.3 is 0 Å². The maximum Gasteiger partial charge on any atom is 0.145 e. The molecule has 0 bridgehead atoms. The Labute approximate surface area is 206 Å². The lowest BCUT2D eigenvalue weighted by Gasteiger charge is -2.10. The van der Waals surface area contributed by atoms with Crippen LogP contribution >= 0.6 is 23.2 Å². The van der Waals surface area contributed by atoms with E-state index < -0.39 is 0 Å². The van der Waals surface area contributed by atoms with E-state index in [2.05, 4.69) is 17.2 Å². The highest BCUT2D eigenvalue weighted by Gasteiger charge is 2.20. The summed E-state index contributed by atoms with van der Waals surface area (Å²) in [6.45, 7) is 0.292. The largest absolute Gasteiger partial charge is 0.488 e. The molecule has 6 nitrogen and oxygen atoms in total. The zero-order valence-electron chi connectivity index (χ0n) is 17.7. The van der Waals surface area contributed by atoms with Crippen LogP contribution < -0.4 is 10.5 Å². The van der Waals surface area contributed by atoms with Crippen molar-refractivity contribution in [1.82, 2.24) is 9.78 Å². The topological polar surface area (TPSA) is 101 Å². The van der Waals surface area contributed by atoms with Gasteiger partial charge in [0.15, 0.2) is 0 Å². The number of halogens is 2. The molecule has 0 radical (unpaired) electrons. The van der Waals surface area contributed by atoms with Crippen LogP contribution in [-0.2, 0) is 6.61 Å². The number of allylic oxidation sites excluding steroid dienone is 1. The first kappa shape index (κ1) is 22.9. The number of ether oxygens (including phenoxy) is 1. The summed E-state index contributed by atoms with van der Waals surface area (Å²) in [6, 6.07) is 25.7. The van der Waals surface area contributed by atoms with Crippen molar-refractivity contribution in [3.05, 3.63) is 105 Å². The number of para-hydroxylation sites is 1. The van der Waals surface area contributed by atoms with Gasteiger partial charge < -0.3 is 10.5 Å². The molecule has 0 aliphatic heterocycles. The zero-order chi connectivity index (χ0) is 24.1. The summed E-state index contributed by atoms with van der Waals surface area (Å²) in [4.78, 5) is 0. The van der Waals surface area contributed by atoms with Crippen LogP contribution in [0.15, 0.2) is 72.8 Å². The number of anilines is 1. The van der Waals surface area contributed by atoms with Gasteiger partial charge in [-0.2, -0.15) is 15.6 Å². The second kappa shape index (κ2) is 10.1. The molecule has 1 aromatic heterocycles. The van der Waals surface area contributed by atoms with Crippen molar-refractivity contribution in [3.63, 3.8) is 0 Å². The number of nitrogens with zero attached hydrogens (tertiary/aromatic N) is 4. The molecule has 0 fully saturated rings. The van der Waals surface area contributed by atoms with Crippen LogP contribution in [0.5, 0.6) is 5.75 Å². The lowest BCUT2D eigenvalue weighted by molar-refractivity contribution is 0.305. The highest BCUT2D eigenvalue weighted by molar-refractivity contribution is 6.31. The molecule has 4 aromatic rings. The molecule has 166 valence electrons. The van der Waals surface area contributed by atoms with Crippen molar-refractivity contribution in [2.24, 2.45) is 0 Å². The smallest absolute Gasteiger partial charge is 0.145 e. The van der Waals surface area contributed by atoms with Crippen LogP contribution in [0.2, 0.25) is 10.0 Å². The number of aromatic nitrogens is 2. The molecule has 3 aromatic carbocycles. The third-order valence-corrected chi connectivity index (χ3v) is 5.48. The Bertz CT molecular complexity index is 1450. The van der Waals surface area contributed by atoms with Gasteiger partial charge in [0.25, 0.3) is 0 Å². The molecule has 0 saturated heterocycles. The zero-order valence-corrected chi connectivity index (χ0v) is 19.3. The summed E-state index contributed by atoms with van der Waals surface area (Å²) in [5.41, 5.74) is 8.80. The van der Waals surface area contributed by atoms with Crippen molar-refractivity contribution in [3.8, 4) is 23.6 Å². The quantitative estimate of drug-likeness (QED) is 0.324. The highest BCUT2D eigenvalue weighted by Crippen LogP contribution is 2.31. The fourth-order valence-corrected chi connectivity index (χ4v) is 3.62. The molecule has 2 N–H and O–H groups in total. The van der Waals surface area contributed by atoms with E-state index in [1.807, 2.05) is 42.5 Å². The van der Waals surface area contributed by atoms with E-state index in [0.717, 1.165) is 5.56 Å². The molecule has 0 saturated carbocycles. The Morgan fingerprint density at radius 1 is 1.00 bits per heavy atom. The molecule has 4 rings (SSSR count). The van der Waals surface area contributed by atoms with Gasteiger partial charge in [0.05, 0.1) is 11.3 Å². The third kappa shape index (κ3) is 4.89. The number of rotatable bonds is 6. The van der Waals surface area contributed by atoms with E-state index in [-0.39, 0.29) is 22.6 Å². The molecule has 0 aliphatic rings. The van der Waals surface area contributed by atoms with Crippen molar-refractivity contribution in [2.75, 3.05) is 5.73 Å². The fourth-order valence-electron chi connectivity index (χ4n) is 3.31. The maximum atomic E-state index is 9.92. The van der Waals surface area contributed by atoms with Gasteiger partial charge in [-0.1, -0.05) is 53.5 Å². The first-order valence-corrected chi connectivity index (χ1v) is 10.9. The molecular weight excluding hydrogens is 469 g/mol. The van der Waals surface area contributed by atoms with Gasteiger partial charge in [-0.25, -0.2) is 4.68 Å². The normalized spacial score (nSPS) is 11.0. The average molecular weight is 486 g/mol. The van der Waals surface area contributed by atoms with Crippen molar-refractivity contribution in [1.29, 1.82) is 10.5 Å². The molecule has 8 heteroatoms. The highest BCUT2D eigenvalue weighted by atomic mass is 35.5. The molecule has 0 spiro atoms. The van der Waals surface area contributed by atoms with E-state index in [9.17, 15) is 10.5 Å². The summed E-state index contributed by atoms with van der Waals surface area (Å²) < 4.78 is 7.42. The van der Waals surface area contributed by atoms with Crippen molar-refractivity contribution >= 4 is 40.7 Å². The van der Waals surface area contributed by atoms with Crippen LogP contribution in [0.4, 0.5) is 5.82 Å². The minimum atomic E-state index is 0.113. The van der Waals surface area contributed by atoms with Crippen LogP contribution in [0.3, 0.4) is 0 Å². The first-order chi connectivity index (χ1) is 16.5. The van der Waals surface area contributed by atoms with E-state index in [4.69, 9.17) is 33.7 Å². The summed E-state index contributed by atoms with van der Waals surface area (Å²) >= 11 is 12.2. The summed E-state index contributed by atoms with van der Waals surface area (Å²) in [7, 11) is 0. The minimum Gasteiger partial charge on any atom is -0.488 e. The van der Waals surface area contributed by atoms with E-state index in [1.165, 1.54) is 4.68 Å². The molecular formula is C26H17Cl2N5O. The van der Waals surface area contributed by atoms with Crippen LogP contribution in [0.1, 0.15) is 22.4 Å². The standard InChI is InChI=1S/C26H17Cl2N5O/c27-20-8-6-17(7-9-20)16-34-24-11-10-21(28)13-18(24)12-19(14-29)25-23(15-30)26(31)33(32-25)22-4-2-1-3-5-22/h1-13H,16,31H2/b19-12+. The lowest BCUT2D eigenvalue weighted by Crippen LogP contribution is -2.02. The van der Waals surface area contributed by atoms with Crippen molar-refractivity contribution in [2.45, 2.75) is 6.61 Å². The minimum absolute atomic E-state index is 0.113.